The van der Waals surface area contributed by atoms with Crippen molar-refractivity contribution in [2.75, 3.05) is 7.11 Å². The van der Waals surface area contributed by atoms with Gasteiger partial charge in [0.2, 0.25) is 0 Å². The Morgan fingerprint density at radius 2 is 1.69 bits per heavy atom. The molecule has 0 aliphatic heterocycles. The van der Waals surface area contributed by atoms with E-state index in [0.717, 1.165) is 22.6 Å². The average Bonchev–Trinajstić information content (AvgIpc) is 2.66. The maximum absolute atomic E-state index is 6.12. The Kier molecular flexibility index (Phi) is 6.16. The third kappa shape index (κ3) is 5.01. The van der Waals surface area contributed by atoms with Crippen LogP contribution in [0.15, 0.2) is 71.7 Å². The van der Waals surface area contributed by atoms with Crippen molar-refractivity contribution < 1.29 is 9.47 Å². The summed E-state index contributed by atoms with van der Waals surface area (Å²) in [5, 5.41) is 1.31. The van der Waals surface area contributed by atoms with Crippen molar-refractivity contribution in [1.82, 2.24) is 0 Å². The average molecular weight is 386 g/mol. The maximum Gasteiger partial charge on any atom is 0.128 e. The maximum atomic E-state index is 6.12. The molecule has 0 heterocycles. The highest BCUT2D eigenvalue weighted by Crippen LogP contribution is 2.24. The van der Waals surface area contributed by atoms with Gasteiger partial charge in [0.25, 0.3) is 0 Å². The minimum absolute atomic E-state index is 0.408. The molecule has 0 unspecified atom stereocenters. The number of nitrogens with zero attached hydrogens (tertiary/aromatic N) is 1. The zero-order valence-electron chi connectivity index (χ0n) is 14.2. The largest absolute Gasteiger partial charge is 0.497 e. The van der Waals surface area contributed by atoms with E-state index in [1.807, 2.05) is 60.7 Å². The molecule has 0 saturated heterocycles. The molecule has 0 N–H and O–H groups in total. The summed E-state index contributed by atoms with van der Waals surface area (Å²) in [6.45, 7) is 0.408. The lowest BCUT2D eigenvalue weighted by Crippen LogP contribution is -1.98. The van der Waals surface area contributed by atoms with Crippen LogP contribution in [0.2, 0.25) is 10.0 Å². The fourth-order valence-corrected chi connectivity index (χ4v) is 2.75. The predicted molar refractivity (Wildman–Crippen MR) is 107 cm³/mol. The summed E-state index contributed by atoms with van der Waals surface area (Å²) in [4.78, 5) is 4.48. The van der Waals surface area contributed by atoms with Crippen molar-refractivity contribution in [3.8, 4) is 11.5 Å². The third-order valence-corrected chi connectivity index (χ3v) is 4.15. The standard InChI is InChI=1S/C21H17Cl2NO2/c1-25-20-8-6-19(7-9-20)24-13-16-12-18(23)5-10-21(16)26-14-15-3-2-4-17(22)11-15/h2-13H,14H2,1H3. The van der Waals surface area contributed by atoms with Gasteiger partial charge in [-0.15, -0.1) is 0 Å². The van der Waals surface area contributed by atoms with Gasteiger partial charge in [0.15, 0.2) is 0 Å². The first kappa shape index (κ1) is 18.3. The Hall–Kier alpha value is -2.49. The Bertz CT molecular complexity index is 908. The second-order valence-corrected chi connectivity index (χ2v) is 6.43. The van der Waals surface area contributed by atoms with Gasteiger partial charge in [-0.3, -0.25) is 4.99 Å². The topological polar surface area (TPSA) is 30.8 Å². The molecule has 3 nitrogen and oxygen atoms in total. The van der Waals surface area contributed by atoms with Crippen LogP contribution in [0.5, 0.6) is 11.5 Å². The van der Waals surface area contributed by atoms with E-state index in [2.05, 4.69) is 4.99 Å². The van der Waals surface area contributed by atoms with Crippen molar-refractivity contribution in [1.29, 1.82) is 0 Å². The summed E-state index contributed by atoms with van der Waals surface area (Å²) in [7, 11) is 1.63. The van der Waals surface area contributed by atoms with Crippen molar-refractivity contribution >= 4 is 35.1 Å². The molecule has 3 rings (SSSR count). The molecule has 0 amide bonds. The first-order valence-electron chi connectivity index (χ1n) is 7.99. The van der Waals surface area contributed by atoms with Gasteiger partial charge in [-0.1, -0.05) is 35.3 Å². The Balaban J connectivity index is 1.77. The minimum Gasteiger partial charge on any atom is -0.497 e. The van der Waals surface area contributed by atoms with Crippen LogP contribution in [-0.4, -0.2) is 13.3 Å². The molecule has 132 valence electrons. The van der Waals surface area contributed by atoms with Crippen LogP contribution in [0.25, 0.3) is 0 Å². The lowest BCUT2D eigenvalue weighted by Gasteiger charge is -2.10. The van der Waals surface area contributed by atoms with Gasteiger partial charge >= 0.3 is 0 Å². The minimum atomic E-state index is 0.408. The predicted octanol–water partition coefficient (Wildman–Crippen LogP) is 6.33. The molecule has 3 aromatic rings. The number of rotatable bonds is 6. The van der Waals surface area contributed by atoms with Crippen LogP contribution in [0.3, 0.4) is 0 Å². The van der Waals surface area contributed by atoms with Crippen LogP contribution < -0.4 is 9.47 Å². The first-order chi connectivity index (χ1) is 12.6. The van der Waals surface area contributed by atoms with Crippen LogP contribution in [0, 0.1) is 0 Å². The fraction of sp³-hybridized carbons (Fsp3) is 0.0952. The molecule has 0 fully saturated rings. The zero-order valence-corrected chi connectivity index (χ0v) is 15.7. The number of aliphatic imine (C=N–C) groups is 1. The summed E-state index contributed by atoms with van der Waals surface area (Å²) in [6.07, 6.45) is 1.74. The lowest BCUT2D eigenvalue weighted by atomic mass is 10.2. The van der Waals surface area contributed by atoms with Crippen molar-refractivity contribution in [3.63, 3.8) is 0 Å². The molecule has 3 aromatic carbocycles. The Labute approximate surface area is 162 Å². The highest BCUT2D eigenvalue weighted by atomic mass is 35.5. The van der Waals surface area contributed by atoms with Crippen LogP contribution in [0.1, 0.15) is 11.1 Å². The zero-order chi connectivity index (χ0) is 18.4. The summed E-state index contributed by atoms with van der Waals surface area (Å²) in [5.74, 6) is 1.49. The Morgan fingerprint density at radius 1 is 0.923 bits per heavy atom. The number of benzene rings is 3. The van der Waals surface area contributed by atoms with Gasteiger partial charge in [0.1, 0.15) is 18.1 Å². The van der Waals surface area contributed by atoms with Gasteiger partial charge in [-0.05, 0) is 60.2 Å². The molecular weight excluding hydrogens is 369 g/mol. The summed E-state index contributed by atoms with van der Waals surface area (Å²) < 4.78 is 11.1. The highest BCUT2D eigenvalue weighted by Gasteiger charge is 2.04. The third-order valence-electron chi connectivity index (χ3n) is 3.68. The summed E-state index contributed by atoms with van der Waals surface area (Å²) >= 11 is 12.1. The number of methoxy groups -OCH3 is 1. The molecule has 0 radical (unpaired) electrons. The molecule has 26 heavy (non-hydrogen) atoms. The second kappa shape index (κ2) is 8.75. The molecule has 0 aromatic heterocycles. The molecule has 0 spiro atoms. The van der Waals surface area contributed by atoms with Crippen molar-refractivity contribution in [3.05, 3.63) is 87.9 Å². The van der Waals surface area contributed by atoms with Gasteiger partial charge < -0.3 is 9.47 Å². The number of halogens is 2. The Morgan fingerprint density at radius 3 is 2.42 bits per heavy atom. The van der Waals surface area contributed by atoms with Crippen LogP contribution >= 0.6 is 23.2 Å². The van der Waals surface area contributed by atoms with E-state index in [-0.39, 0.29) is 0 Å². The highest BCUT2D eigenvalue weighted by molar-refractivity contribution is 6.31. The van der Waals surface area contributed by atoms with Crippen molar-refractivity contribution in [2.24, 2.45) is 4.99 Å². The number of hydrogen-bond acceptors (Lipinski definition) is 3. The van der Waals surface area contributed by atoms with Gasteiger partial charge in [0.05, 0.1) is 12.8 Å². The van der Waals surface area contributed by atoms with Gasteiger partial charge in [0, 0.05) is 21.8 Å². The monoisotopic (exact) mass is 385 g/mol. The van der Waals surface area contributed by atoms with Crippen LogP contribution in [0.4, 0.5) is 5.69 Å². The second-order valence-electron chi connectivity index (χ2n) is 5.56. The molecule has 5 heteroatoms. The van der Waals surface area contributed by atoms with E-state index in [1.165, 1.54) is 0 Å². The fourth-order valence-electron chi connectivity index (χ4n) is 2.35. The summed E-state index contributed by atoms with van der Waals surface area (Å²) in [5.41, 5.74) is 2.60. The van der Waals surface area contributed by atoms with Crippen molar-refractivity contribution in [2.45, 2.75) is 6.61 Å². The summed E-state index contributed by atoms with van der Waals surface area (Å²) in [6, 6.07) is 20.5. The van der Waals surface area contributed by atoms with E-state index in [9.17, 15) is 0 Å². The van der Waals surface area contributed by atoms with E-state index in [1.54, 1.807) is 19.4 Å². The van der Waals surface area contributed by atoms with Gasteiger partial charge in [-0.25, -0.2) is 0 Å². The normalized spacial score (nSPS) is 10.9. The molecule has 0 aliphatic carbocycles. The number of ether oxygens (including phenoxy) is 2. The SMILES string of the molecule is COc1ccc(N=Cc2cc(Cl)ccc2OCc2cccc(Cl)c2)cc1. The molecule has 0 bridgehead atoms. The van der Waals surface area contributed by atoms with E-state index in [4.69, 9.17) is 32.7 Å². The quantitative estimate of drug-likeness (QED) is 0.464. The number of hydrogen-bond donors (Lipinski definition) is 0. The lowest BCUT2D eigenvalue weighted by molar-refractivity contribution is 0.306. The van der Waals surface area contributed by atoms with E-state index in [0.29, 0.717) is 22.4 Å². The van der Waals surface area contributed by atoms with E-state index >= 15 is 0 Å². The molecule has 0 atom stereocenters. The molecular formula is C21H17Cl2NO2. The van der Waals surface area contributed by atoms with Gasteiger partial charge in [-0.2, -0.15) is 0 Å². The van der Waals surface area contributed by atoms with Crippen LogP contribution in [-0.2, 0) is 6.61 Å². The molecule has 0 aliphatic rings. The smallest absolute Gasteiger partial charge is 0.128 e. The molecule has 0 saturated carbocycles. The first-order valence-corrected chi connectivity index (χ1v) is 8.74. The van der Waals surface area contributed by atoms with E-state index < -0.39 is 0 Å².